The quantitative estimate of drug-likeness (QED) is 0.330. The van der Waals surface area contributed by atoms with Crippen LogP contribution in [0.15, 0.2) is 0 Å². The van der Waals surface area contributed by atoms with Gasteiger partial charge in [0.1, 0.15) is 0 Å². The predicted molar refractivity (Wildman–Crippen MR) is 34.8 cm³/mol. The van der Waals surface area contributed by atoms with E-state index in [4.69, 9.17) is 19.2 Å². The molecule has 0 rings (SSSR count). The summed E-state index contributed by atoms with van der Waals surface area (Å²) >= 11 is 0. The van der Waals surface area contributed by atoms with Crippen LogP contribution in [0.4, 0.5) is 0 Å². The van der Waals surface area contributed by atoms with E-state index in [1.54, 1.807) is 0 Å². The summed E-state index contributed by atoms with van der Waals surface area (Å²) in [5.41, 5.74) is 0. The maximum absolute atomic E-state index is 7.33. The molecular weight excluding hydrogens is 261 g/mol. The molecule has 0 amide bonds. The van der Waals surface area contributed by atoms with E-state index in [1.807, 2.05) is 0 Å². The molecule has 0 aromatic heterocycles. The third-order valence-electron chi connectivity index (χ3n) is 0. The van der Waals surface area contributed by atoms with Crippen LogP contribution in [0.25, 0.3) is 0 Å². The number of hydrogen-bond acceptors (Lipinski definition) is 4. The van der Waals surface area contributed by atoms with Gasteiger partial charge in [0.2, 0.25) is 0 Å². The van der Waals surface area contributed by atoms with Gasteiger partial charge >= 0.3 is 113 Å². The molecule has 0 aromatic carbocycles. The molecule has 0 aliphatic heterocycles. The van der Waals surface area contributed by atoms with Crippen molar-refractivity contribution in [2.45, 2.75) is 0 Å². The maximum atomic E-state index is 7.33. The van der Waals surface area contributed by atoms with E-state index in [0.717, 1.165) is 0 Å². The molecule has 4 nitrogen and oxygen atoms in total. The van der Waals surface area contributed by atoms with Gasteiger partial charge in [0, 0.05) is 17.1 Å². The van der Waals surface area contributed by atoms with Crippen LogP contribution in [0.5, 0.6) is 0 Å². The minimum Gasteiger partial charge on any atom is -1.00 e. The molecule has 0 atom stereocenters. The summed E-state index contributed by atoms with van der Waals surface area (Å²) < 4.78 is 0. The summed E-state index contributed by atoms with van der Waals surface area (Å²) in [7, 11) is -4.61. The van der Waals surface area contributed by atoms with Gasteiger partial charge in [-0.3, -0.25) is 0 Å². The second-order valence-electron chi connectivity index (χ2n) is 0.600. The first-order valence-electron chi connectivity index (χ1n) is 0.894. The summed E-state index contributed by atoms with van der Waals surface area (Å²) in [5, 5.41) is 0. The fraction of sp³-hybridized carbons (Fsp3) is 0. The largest absolute Gasteiger partial charge is 2.00 e. The molecule has 0 radical (unpaired) electrons. The van der Waals surface area contributed by atoms with Crippen LogP contribution in [0.3, 0.4) is 0 Å². The fourth-order valence-electron chi connectivity index (χ4n) is 0. The van der Waals surface area contributed by atoms with E-state index in [2.05, 4.69) is 0 Å². The molecule has 0 heterocycles. The summed E-state index contributed by atoms with van der Waals surface area (Å²) in [6.07, 6.45) is 0. The van der Waals surface area contributed by atoms with Crippen LogP contribution in [-0.2, 0) is 17.1 Å². The van der Waals surface area contributed by atoms with Crippen molar-refractivity contribution in [2.24, 2.45) is 0 Å². The second kappa shape index (κ2) is 19.1. The van der Waals surface area contributed by atoms with E-state index >= 15 is 0 Å². The van der Waals surface area contributed by atoms with Gasteiger partial charge in [0.05, 0.1) is 0 Å². The zero-order valence-corrected chi connectivity index (χ0v) is 14.0. The third-order valence-corrected chi connectivity index (χ3v) is 0. The van der Waals surface area contributed by atoms with Gasteiger partial charge in [-0.2, -0.15) is 0 Å². The molecule has 0 fully saturated rings. The number of hydrogen-bond donors (Lipinski definition) is 4. The second-order valence-corrected chi connectivity index (χ2v) is 1.80. The minimum absolute atomic E-state index is 0. The van der Waals surface area contributed by atoms with E-state index in [1.165, 1.54) is 0 Å². The van der Waals surface area contributed by atoms with Crippen molar-refractivity contribution in [1.82, 2.24) is 0 Å². The van der Waals surface area contributed by atoms with Crippen molar-refractivity contribution < 1.29 is 123 Å². The average Bonchev–Trinajstić information content (AvgIpc) is 0.722. The Morgan fingerprint density at radius 2 is 1.00 bits per heavy atom. The number of rotatable bonds is 0. The Kier molecular flexibility index (Phi) is 70.0. The predicted octanol–water partition coefficient (Wildman–Crippen LogP) is -9.72. The molecule has 0 aromatic rings. The smallest absolute Gasteiger partial charge is 1.00 e. The van der Waals surface area contributed by atoms with Gasteiger partial charge in [-0.05, 0) is 0 Å². The van der Waals surface area contributed by atoms with Crippen LogP contribution < -0.4 is 80.9 Å². The monoisotopic (exact) mass is 272 g/mol. The average molecular weight is 272 g/mol. The fourth-order valence-corrected chi connectivity index (χ4v) is 0. The zero-order chi connectivity index (χ0) is 4.50. The van der Waals surface area contributed by atoms with Gasteiger partial charge in [-0.1, -0.05) is 0 Å². The van der Waals surface area contributed by atoms with Crippen molar-refractivity contribution in [1.29, 1.82) is 0 Å². The van der Waals surface area contributed by atoms with E-state index < -0.39 is 9.05 Å². The van der Waals surface area contributed by atoms with Gasteiger partial charge in [-0.25, -0.2) is 0 Å². The molecule has 10 heavy (non-hydrogen) atoms. The summed E-state index contributed by atoms with van der Waals surface area (Å²) in [6, 6.07) is 0. The first-order chi connectivity index (χ1) is 2.00. The Morgan fingerprint density at radius 3 is 1.00 bits per heavy atom. The van der Waals surface area contributed by atoms with Crippen LogP contribution in [0.1, 0.15) is 5.71 Å². The molecule has 0 saturated carbocycles. The Labute approximate surface area is 168 Å². The van der Waals surface area contributed by atoms with Crippen molar-refractivity contribution >= 4 is 49.5 Å². The molecule has 0 aliphatic rings. The molecule has 10 heteroatoms. The van der Waals surface area contributed by atoms with Crippen molar-refractivity contribution in [2.75, 3.05) is 0 Å². The van der Waals surface area contributed by atoms with Gasteiger partial charge in [0.15, 0.2) is 17.4 Å². The molecule has 0 spiro atoms. The summed E-state index contributed by atoms with van der Waals surface area (Å²) in [6.45, 7) is 0. The molecule has 0 bridgehead atoms. The molecule has 54 valence electrons. The molecule has 0 unspecified atom stereocenters. The van der Waals surface area contributed by atoms with Gasteiger partial charge in [0.25, 0.3) is 0 Å². The first-order valence-corrected chi connectivity index (χ1v) is 2.68. The Morgan fingerprint density at radius 1 is 1.00 bits per heavy atom. The zero-order valence-electron chi connectivity index (χ0n) is 9.35. The van der Waals surface area contributed by atoms with E-state index in [-0.39, 0.29) is 144 Å². The van der Waals surface area contributed by atoms with Gasteiger partial charge < -0.3 is 24.9 Å². The normalized spacial score (nSPS) is 6.00. The molecule has 0 aliphatic carbocycles. The van der Waals surface area contributed by atoms with Crippen molar-refractivity contribution in [3.63, 3.8) is 0 Å². The molecule has 0 saturated heterocycles. The van der Waals surface area contributed by atoms with Gasteiger partial charge in [-0.15, -0.1) is 0 Å². The SMILES string of the molecule is O[Si](O)(O)O.[AlH3].[Fe].[H-].[H-].[H-].[H-].[K+].[Mg+2].[Na+]. The van der Waals surface area contributed by atoms with Crippen molar-refractivity contribution in [3.05, 3.63) is 0 Å². The summed E-state index contributed by atoms with van der Waals surface area (Å²) in [5.74, 6) is 0. The Balaban J connectivity index is -0.00000000222. The van der Waals surface area contributed by atoms with Crippen LogP contribution in [0, 0.1) is 0 Å². The van der Waals surface area contributed by atoms with Crippen LogP contribution in [-0.4, -0.2) is 68.6 Å². The first kappa shape index (κ1) is 36.6. The van der Waals surface area contributed by atoms with Crippen molar-refractivity contribution in [3.8, 4) is 0 Å². The summed E-state index contributed by atoms with van der Waals surface area (Å²) in [4.78, 5) is 29.3. The molecular formula is H11AlFeKMgNaO4Si. The third kappa shape index (κ3) is 81.5. The van der Waals surface area contributed by atoms with Crippen LogP contribution in [0.2, 0.25) is 0 Å². The van der Waals surface area contributed by atoms with E-state index in [0.29, 0.717) is 0 Å². The molecule has 4 N–H and O–H groups in total. The topological polar surface area (TPSA) is 80.9 Å². The standard InChI is InChI=1S/Al.Fe.K.Mg.Na.H4O4Si.7H/c;;;;;1-5(2,3)4;;;;;;;/h;;;;;1-4H;;;;;;;/q;;+1;+2;+1;;;;;4*-1. The Bertz CT molecular complexity index is 52.8. The maximum Gasteiger partial charge on any atom is 2.00 e. The minimum atomic E-state index is -4.61. The van der Waals surface area contributed by atoms with Crippen LogP contribution >= 0.6 is 0 Å². The Hall–Kier alpha value is 4.51. The van der Waals surface area contributed by atoms with E-state index in [9.17, 15) is 0 Å².